The van der Waals surface area contributed by atoms with Crippen LogP contribution in [0.3, 0.4) is 0 Å². The summed E-state index contributed by atoms with van der Waals surface area (Å²) in [4.78, 5) is 3.66. The number of fused-ring (bicyclic) bond motifs is 2. The number of benzene rings is 3. The van der Waals surface area contributed by atoms with Crippen LogP contribution in [0.2, 0.25) is 0 Å². The van der Waals surface area contributed by atoms with E-state index in [4.69, 9.17) is 0 Å². The summed E-state index contributed by atoms with van der Waals surface area (Å²) < 4.78 is 29.7. The molecule has 0 radical (unpaired) electrons. The van der Waals surface area contributed by atoms with E-state index in [1.165, 1.54) is 5.56 Å². The molecule has 3 aromatic carbocycles. The third-order valence-corrected chi connectivity index (χ3v) is 8.58. The second kappa shape index (κ2) is 7.88. The number of hydrogen-bond donors (Lipinski definition) is 1. The second-order valence-corrected chi connectivity index (χ2v) is 11.9. The fraction of sp³-hybridized carbons (Fsp3) is 0.241. The number of hydrogen-bond acceptors (Lipinski definition) is 2. The fourth-order valence-corrected chi connectivity index (χ4v) is 6.50. The van der Waals surface area contributed by atoms with Crippen molar-refractivity contribution in [3.63, 3.8) is 0 Å². The SMILES string of the molecule is Cc1c(Cc2c[nH]c3cccc(C)c23)n(S(=O)(=O)c2ccc(C(C)(C)C)cc2)c2ccccc12. The molecule has 34 heavy (non-hydrogen) atoms. The van der Waals surface area contributed by atoms with E-state index in [1.54, 1.807) is 16.1 Å². The Bertz CT molecular complexity index is 1630. The highest BCUT2D eigenvalue weighted by atomic mass is 32.2. The van der Waals surface area contributed by atoms with Crippen LogP contribution >= 0.6 is 0 Å². The molecular formula is C29H30N2O2S. The summed E-state index contributed by atoms with van der Waals surface area (Å²) in [5.74, 6) is 0. The summed E-state index contributed by atoms with van der Waals surface area (Å²) in [5.41, 5.74) is 6.90. The number of nitrogens with zero attached hydrogens (tertiary/aromatic N) is 1. The first-order chi connectivity index (χ1) is 16.1. The van der Waals surface area contributed by atoms with Crippen molar-refractivity contribution in [3.8, 4) is 0 Å². The molecule has 0 fully saturated rings. The van der Waals surface area contributed by atoms with Crippen molar-refractivity contribution in [2.45, 2.75) is 51.3 Å². The first kappa shape index (κ1) is 22.5. The third-order valence-electron chi connectivity index (χ3n) is 6.82. The Hall–Kier alpha value is -3.31. The van der Waals surface area contributed by atoms with Crippen LogP contribution < -0.4 is 0 Å². The molecule has 0 unspecified atom stereocenters. The van der Waals surface area contributed by atoms with Crippen LogP contribution in [-0.2, 0) is 21.9 Å². The van der Waals surface area contributed by atoms with E-state index < -0.39 is 10.0 Å². The molecule has 0 aliphatic heterocycles. The van der Waals surface area contributed by atoms with Crippen LogP contribution in [0.1, 0.15) is 48.7 Å². The van der Waals surface area contributed by atoms with Crippen molar-refractivity contribution in [1.82, 2.24) is 8.96 Å². The van der Waals surface area contributed by atoms with Crippen LogP contribution in [0, 0.1) is 13.8 Å². The van der Waals surface area contributed by atoms with Gasteiger partial charge in [-0.1, -0.05) is 63.2 Å². The highest BCUT2D eigenvalue weighted by Gasteiger charge is 2.26. The summed E-state index contributed by atoms with van der Waals surface area (Å²) in [5, 5.41) is 2.12. The summed E-state index contributed by atoms with van der Waals surface area (Å²) in [6.07, 6.45) is 2.52. The van der Waals surface area contributed by atoms with Crippen molar-refractivity contribution < 1.29 is 8.42 Å². The molecule has 5 rings (SSSR count). The van der Waals surface area contributed by atoms with Crippen LogP contribution in [-0.4, -0.2) is 17.4 Å². The highest BCUT2D eigenvalue weighted by molar-refractivity contribution is 7.90. The zero-order valence-corrected chi connectivity index (χ0v) is 21.1. The molecule has 174 valence electrons. The van der Waals surface area contributed by atoms with Crippen molar-refractivity contribution >= 4 is 31.8 Å². The van der Waals surface area contributed by atoms with E-state index >= 15 is 0 Å². The number of aryl methyl sites for hydroxylation is 2. The number of para-hydroxylation sites is 1. The minimum absolute atomic E-state index is 0.0443. The van der Waals surface area contributed by atoms with Crippen LogP contribution in [0.4, 0.5) is 0 Å². The van der Waals surface area contributed by atoms with E-state index in [0.717, 1.165) is 38.7 Å². The van der Waals surface area contributed by atoms with E-state index in [-0.39, 0.29) is 5.41 Å². The first-order valence-corrected chi connectivity index (χ1v) is 13.0. The van der Waals surface area contributed by atoms with Crippen molar-refractivity contribution in [3.05, 3.63) is 101 Å². The molecule has 0 bridgehead atoms. The standard InChI is InChI=1S/C29H30N2O2S/c1-19-9-8-11-25-28(19)21(18-30-25)17-27-20(2)24-10-6-7-12-26(24)31(27)34(32,33)23-15-13-22(14-16-23)29(3,4)5/h6-16,18,30H,17H2,1-5H3. The van der Waals surface area contributed by atoms with Crippen LogP contribution in [0.5, 0.6) is 0 Å². The maximum absolute atomic E-state index is 14.1. The van der Waals surface area contributed by atoms with E-state index in [2.05, 4.69) is 44.8 Å². The average Bonchev–Trinajstić information content (AvgIpc) is 3.34. The zero-order valence-electron chi connectivity index (χ0n) is 20.3. The number of rotatable bonds is 4. The third kappa shape index (κ3) is 3.55. The lowest BCUT2D eigenvalue weighted by molar-refractivity contribution is 0.582. The minimum atomic E-state index is -3.80. The lowest BCUT2D eigenvalue weighted by Gasteiger charge is -2.19. The molecule has 0 spiro atoms. The molecule has 0 amide bonds. The topological polar surface area (TPSA) is 54.9 Å². The quantitative estimate of drug-likeness (QED) is 0.312. The van der Waals surface area contributed by atoms with Gasteiger partial charge in [-0.2, -0.15) is 0 Å². The molecular weight excluding hydrogens is 440 g/mol. The predicted molar refractivity (Wildman–Crippen MR) is 140 cm³/mol. The molecule has 0 aliphatic rings. The molecule has 4 nitrogen and oxygen atoms in total. The lowest BCUT2D eigenvalue weighted by Crippen LogP contribution is -2.17. The molecule has 5 heteroatoms. The van der Waals surface area contributed by atoms with E-state index in [0.29, 0.717) is 16.8 Å². The lowest BCUT2D eigenvalue weighted by atomic mass is 9.87. The van der Waals surface area contributed by atoms with Gasteiger partial charge in [0.25, 0.3) is 10.0 Å². The first-order valence-electron chi connectivity index (χ1n) is 11.6. The number of aromatic amines is 1. The Balaban J connectivity index is 1.72. The van der Waals surface area contributed by atoms with Gasteiger partial charge in [0.15, 0.2) is 0 Å². The second-order valence-electron chi connectivity index (χ2n) is 10.1. The van der Waals surface area contributed by atoms with Gasteiger partial charge in [0, 0.05) is 34.6 Å². The number of aromatic nitrogens is 2. The van der Waals surface area contributed by atoms with Gasteiger partial charge in [-0.15, -0.1) is 0 Å². The van der Waals surface area contributed by atoms with Crippen molar-refractivity contribution in [2.24, 2.45) is 0 Å². The molecule has 0 aliphatic carbocycles. The van der Waals surface area contributed by atoms with Gasteiger partial charge in [0.2, 0.25) is 0 Å². The van der Waals surface area contributed by atoms with Crippen LogP contribution in [0.15, 0.2) is 77.8 Å². The van der Waals surface area contributed by atoms with Gasteiger partial charge in [-0.25, -0.2) is 12.4 Å². The molecule has 5 aromatic rings. The summed E-state index contributed by atoms with van der Waals surface area (Å²) >= 11 is 0. The molecule has 0 saturated heterocycles. The normalized spacial score (nSPS) is 12.6. The maximum Gasteiger partial charge on any atom is 0.268 e. The van der Waals surface area contributed by atoms with Gasteiger partial charge < -0.3 is 4.98 Å². The van der Waals surface area contributed by atoms with E-state index in [9.17, 15) is 8.42 Å². The highest BCUT2D eigenvalue weighted by Crippen LogP contribution is 2.34. The maximum atomic E-state index is 14.1. The molecule has 2 aromatic heterocycles. The van der Waals surface area contributed by atoms with Gasteiger partial charge in [0.1, 0.15) is 0 Å². The monoisotopic (exact) mass is 470 g/mol. The van der Waals surface area contributed by atoms with E-state index in [1.807, 2.05) is 55.6 Å². The smallest absolute Gasteiger partial charge is 0.268 e. The molecule has 0 saturated carbocycles. The minimum Gasteiger partial charge on any atom is -0.361 e. The summed E-state index contributed by atoms with van der Waals surface area (Å²) in [6.45, 7) is 10.5. The summed E-state index contributed by atoms with van der Waals surface area (Å²) in [6, 6.07) is 21.3. The van der Waals surface area contributed by atoms with Crippen LogP contribution in [0.25, 0.3) is 21.8 Å². The Labute approximate surface area is 201 Å². The van der Waals surface area contributed by atoms with Crippen molar-refractivity contribution in [2.75, 3.05) is 0 Å². The Kier molecular flexibility index (Phi) is 5.21. The van der Waals surface area contributed by atoms with Gasteiger partial charge >= 0.3 is 0 Å². The fourth-order valence-electron chi connectivity index (χ4n) is 4.90. The Morgan fingerprint density at radius 2 is 1.59 bits per heavy atom. The summed E-state index contributed by atoms with van der Waals surface area (Å²) in [7, 11) is -3.80. The van der Waals surface area contributed by atoms with Crippen molar-refractivity contribution in [1.29, 1.82) is 0 Å². The average molecular weight is 471 g/mol. The van der Waals surface area contributed by atoms with Gasteiger partial charge in [-0.05, 0) is 65.8 Å². The molecule has 1 N–H and O–H groups in total. The number of nitrogens with one attached hydrogen (secondary N) is 1. The van der Waals surface area contributed by atoms with Gasteiger partial charge in [-0.3, -0.25) is 0 Å². The number of H-pyrrole nitrogens is 1. The van der Waals surface area contributed by atoms with Gasteiger partial charge in [0.05, 0.1) is 10.4 Å². The molecule has 0 atom stereocenters. The largest absolute Gasteiger partial charge is 0.361 e. The molecule has 2 heterocycles. The Morgan fingerprint density at radius 1 is 0.882 bits per heavy atom. The Morgan fingerprint density at radius 3 is 2.29 bits per heavy atom. The zero-order chi connectivity index (χ0) is 24.3. The predicted octanol–water partition coefficient (Wildman–Crippen LogP) is 6.86.